The molecule has 2 atom stereocenters. The number of hydrogen-bond acceptors (Lipinski definition) is 5. The number of allylic oxidation sites excluding steroid dienone is 6. The topological polar surface area (TPSA) is 95.9 Å². The second kappa shape index (κ2) is 62.6. The molecule has 0 bridgehead atoms. The Morgan fingerprint density at radius 3 is 1.08 bits per heavy atom. The fourth-order valence-corrected chi connectivity index (χ4v) is 10.1. The van der Waals surface area contributed by atoms with E-state index in [2.05, 4.69) is 55.6 Å². The molecule has 0 heterocycles. The summed E-state index contributed by atoms with van der Waals surface area (Å²) in [5.41, 5.74) is 0. The third kappa shape index (κ3) is 59.2. The summed E-state index contributed by atoms with van der Waals surface area (Å²) in [5, 5.41) is 23.4. The van der Waals surface area contributed by atoms with E-state index < -0.39 is 12.1 Å². The van der Waals surface area contributed by atoms with Crippen molar-refractivity contribution in [1.82, 2.24) is 5.32 Å². The fourth-order valence-electron chi connectivity index (χ4n) is 10.1. The molecule has 0 saturated carbocycles. The lowest BCUT2D eigenvalue weighted by Gasteiger charge is -2.22. The predicted octanol–water partition coefficient (Wildman–Crippen LogP) is 20.8. The molecule has 6 heteroatoms. The molecule has 0 saturated heterocycles. The second-order valence-electron chi connectivity index (χ2n) is 22.4. The fraction of sp³-hybridized carbons (Fsp3) is 0.881. The average Bonchev–Trinajstić information content (AvgIpc) is 3.39. The minimum Gasteiger partial charge on any atom is -0.466 e. The number of aliphatic hydroxyl groups excluding tert-OH is 2. The lowest BCUT2D eigenvalue weighted by atomic mass is 10.0. The van der Waals surface area contributed by atoms with Crippen molar-refractivity contribution in [1.29, 1.82) is 0 Å². The molecule has 1 amide bonds. The number of aliphatic hydroxyl groups is 2. The molecule has 0 aromatic rings. The summed E-state index contributed by atoms with van der Waals surface area (Å²) in [4.78, 5) is 24.5. The minimum atomic E-state index is -0.669. The van der Waals surface area contributed by atoms with E-state index in [1.54, 1.807) is 0 Å². The van der Waals surface area contributed by atoms with Crippen LogP contribution in [0.25, 0.3) is 0 Å². The van der Waals surface area contributed by atoms with Gasteiger partial charge in [-0.15, -0.1) is 0 Å². The molecule has 0 radical (unpaired) electrons. The molecule has 430 valence electrons. The Morgan fingerprint density at radius 1 is 0.384 bits per heavy atom. The summed E-state index contributed by atoms with van der Waals surface area (Å²) in [6.07, 6.45) is 78.8. The number of carbonyl (C=O) groups excluding carboxylic acids is 2. The maximum atomic E-state index is 12.5. The van der Waals surface area contributed by atoms with Gasteiger partial charge in [0, 0.05) is 12.8 Å². The normalized spacial score (nSPS) is 12.8. The van der Waals surface area contributed by atoms with Crippen molar-refractivity contribution in [3.63, 3.8) is 0 Å². The number of unbranched alkanes of at least 4 members (excludes halogenated alkanes) is 44. The Hall–Kier alpha value is -1.92. The Morgan fingerprint density at radius 2 is 0.685 bits per heavy atom. The highest BCUT2D eigenvalue weighted by Gasteiger charge is 2.20. The molecular formula is C67H127NO5. The quantitative estimate of drug-likeness (QED) is 0.0320. The molecule has 0 rings (SSSR count). The highest BCUT2D eigenvalue weighted by Crippen LogP contribution is 2.18. The van der Waals surface area contributed by atoms with Gasteiger partial charge < -0.3 is 20.3 Å². The summed E-state index contributed by atoms with van der Waals surface area (Å²) in [6.45, 7) is 4.94. The predicted molar refractivity (Wildman–Crippen MR) is 319 cm³/mol. The van der Waals surface area contributed by atoms with E-state index >= 15 is 0 Å². The molecule has 0 aliphatic carbocycles. The number of esters is 1. The van der Waals surface area contributed by atoms with Crippen LogP contribution in [-0.4, -0.2) is 47.4 Å². The number of hydrogen-bond donors (Lipinski definition) is 3. The summed E-state index contributed by atoms with van der Waals surface area (Å²) in [7, 11) is 0. The van der Waals surface area contributed by atoms with Crippen LogP contribution >= 0.6 is 0 Å². The summed E-state index contributed by atoms with van der Waals surface area (Å²) in [6, 6.07) is -0.547. The Bertz CT molecular complexity index is 1180. The smallest absolute Gasteiger partial charge is 0.305 e. The van der Waals surface area contributed by atoms with E-state index in [4.69, 9.17) is 4.74 Å². The number of carbonyl (C=O) groups is 2. The lowest BCUT2D eigenvalue weighted by molar-refractivity contribution is -0.143. The zero-order valence-corrected chi connectivity index (χ0v) is 49.1. The first-order chi connectivity index (χ1) is 36.0. The van der Waals surface area contributed by atoms with Crippen LogP contribution in [0.15, 0.2) is 36.5 Å². The molecule has 0 fully saturated rings. The SMILES string of the molecule is CCCCC/C=C\CCCCCCCC(=O)OCCCCCCCCCCC/C=C\C/C=C\CCCCCCCCCCCC(=O)NC(CO)C(O)CCCCCCCCCCCCCCCCCCCCC. The molecule has 2 unspecified atom stereocenters. The van der Waals surface area contributed by atoms with Gasteiger partial charge in [0.05, 0.1) is 25.4 Å². The third-order valence-electron chi connectivity index (χ3n) is 15.2. The van der Waals surface area contributed by atoms with Crippen molar-refractivity contribution in [2.24, 2.45) is 0 Å². The van der Waals surface area contributed by atoms with Crippen LogP contribution in [-0.2, 0) is 14.3 Å². The molecule has 73 heavy (non-hydrogen) atoms. The maximum Gasteiger partial charge on any atom is 0.305 e. The maximum absolute atomic E-state index is 12.5. The molecular weight excluding hydrogens is 899 g/mol. The minimum absolute atomic E-state index is 0.000913. The van der Waals surface area contributed by atoms with Gasteiger partial charge in [-0.1, -0.05) is 294 Å². The van der Waals surface area contributed by atoms with Gasteiger partial charge in [-0.3, -0.25) is 9.59 Å². The van der Waals surface area contributed by atoms with Crippen LogP contribution in [0.3, 0.4) is 0 Å². The van der Waals surface area contributed by atoms with E-state index in [0.717, 1.165) is 51.4 Å². The van der Waals surface area contributed by atoms with E-state index in [1.807, 2.05) is 0 Å². The largest absolute Gasteiger partial charge is 0.466 e. The van der Waals surface area contributed by atoms with Gasteiger partial charge in [0.1, 0.15) is 0 Å². The number of rotatable bonds is 61. The third-order valence-corrected chi connectivity index (χ3v) is 15.2. The van der Waals surface area contributed by atoms with Crippen molar-refractivity contribution in [3.8, 4) is 0 Å². The van der Waals surface area contributed by atoms with E-state index in [0.29, 0.717) is 25.9 Å². The van der Waals surface area contributed by atoms with E-state index in [9.17, 15) is 19.8 Å². The van der Waals surface area contributed by atoms with Gasteiger partial charge in [-0.2, -0.15) is 0 Å². The molecule has 0 aromatic heterocycles. The zero-order valence-electron chi connectivity index (χ0n) is 49.1. The summed E-state index contributed by atoms with van der Waals surface area (Å²) >= 11 is 0. The molecule has 6 nitrogen and oxygen atoms in total. The van der Waals surface area contributed by atoms with Gasteiger partial charge in [-0.25, -0.2) is 0 Å². The first kappa shape index (κ1) is 71.1. The Balaban J connectivity index is 3.44. The average molecular weight is 1030 g/mol. The van der Waals surface area contributed by atoms with Crippen molar-refractivity contribution >= 4 is 11.9 Å². The monoisotopic (exact) mass is 1030 g/mol. The second-order valence-corrected chi connectivity index (χ2v) is 22.4. The molecule has 3 N–H and O–H groups in total. The first-order valence-electron chi connectivity index (χ1n) is 32.7. The Labute approximate surface area is 455 Å². The molecule has 0 aliphatic rings. The number of amides is 1. The van der Waals surface area contributed by atoms with Crippen LogP contribution in [0, 0.1) is 0 Å². The van der Waals surface area contributed by atoms with Crippen molar-refractivity contribution in [2.45, 2.75) is 366 Å². The van der Waals surface area contributed by atoms with Crippen molar-refractivity contribution in [3.05, 3.63) is 36.5 Å². The van der Waals surface area contributed by atoms with Crippen molar-refractivity contribution in [2.75, 3.05) is 13.2 Å². The van der Waals surface area contributed by atoms with Gasteiger partial charge >= 0.3 is 5.97 Å². The number of ether oxygens (including phenoxy) is 1. The lowest BCUT2D eigenvalue weighted by Crippen LogP contribution is -2.45. The van der Waals surface area contributed by atoms with Gasteiger partial charge in [-0.05, 0) is 83.5 Å². The highest BCUT2D eigenvalue weighted by atomic mass is 16.5. The van der Waals surface area contributed by atoms with Gasteiger partial charge in [0.2, 0.25) is 5.91 Å². The van der Waals surface area contributed by atoms with Crippen LogP contribution in [0.4, 0.5) is 0 Å². The summed E-state index contributed by atoms with van der Waals surface area (Å²) in [5.74, 6) is -0.0392. The molecule has 0 aromatic carbocycles. The standard InChI is InChI=1S/C67H127NO5/c1-3-5-7-9-11-13-15-17-18-19-27-30-33-36-39-43-47-51-55-59-65(70)64(63-69)68-66(71)60-56-52-48-44-40-37-34-31-28-25-23-21-20-22-24-26-29-32-35-38-42-46-50-54-58-62-73-67(72)61-57-53-49-45-41-16-14-12-10-8-6-4-2/h12,14,21-24,64-65,69-70H,3-11,13,15-20,25-63H2,1-2H3,(H,68,71)/b14-12-,23-21-,24-22-. The molecule has 0 spiro atoms. The zero-order chi connectivity index (χ0) is 52.9. The van der Waals surface area contributed by atoms with Crippen LogP contribution in [0.2, 0.25) is 0 Å². The number of nitrogens with one attached hydrogen (secondary N) is 1. The van der Waals surface area contributed by atoms with Crippen LogP contribution in [0.1, 0.15) is 354 Å². The van der Waals surface area contributed by atoms with Gasteiger partial charge in [0.15, 0.2) is 0 Å². The van der Waals surface area contributed by atoms with E-state index in [1.165, 1.54) is 270 Å². The van der Waals surface area contributed by atoms with Crippen LogP contribution < -0.4 is 5.32 Å². The summed E-state index contributed by atoms with van der Waals surface area (Å²) < 4.78 is 5.46. The Kier molecular flexibility index (Phi) is 61.0. The van der Waals surface area contributed by atoms with Gasteiger partial charge in [0.25, 0.3) is 0 Å². The highest BCUT2D eigenvalue weighted by molar-refractivity contribution is 5.76. The van der Waals surface area contributed by atoms with E-state index in [-0.39, 0.29) is 18.5 Å². The van der Waals surface area contributed by atoms with Crippen LogP contribution in [0.5, 0.6) is 0 Å². The van der Waals surface area contributed by atoms with Crippen molar-refractivity contribution < 1.29 is 24.5 Å². The molecule has 0 aliphatic heterocycles. The first-order valence-corrected chi connectivity index (χ1v) is 32.7.